The molecule has 4 aromatic rings. The molecule has 0 aliphatic rings. The second-order valence-electron chi connectivity index (χ2n) is 7.83. The maximum Gasteiger partial charge on any atom is 0.423 e. The number of halogens is 3. The summed E-state index contributed by atoms with van der Waals surface area (Å²) in [4.78, 5) is 12.6. The van der Waals surface area contributed by atoms with Crippen molar-refractivity contribution < 1.29 is 27.8 Å². The third-order valence-corrected chi connectivity index (χ3v) is 5.65. The van der Waals surface area contributed by atoms with Gasteiger partial charge in [0.2, 0.25) is 5.60 Å². The third-order valence-electron chi connectivity index (χ3n) is 5.65. The Morgan fingerprint density at radius 1 is 1.09 bits per heavy atom. The fourth-order valence-electron chi connectivity index (χ4n) is 3.85. The molecular weight excluding hydrogens is 449 g/mol. The summed E-state index contributed by atoms with van der Waals surface area (Å²) in [7, 11) is 0. The zero-order valence-electron chi connectivity index (χ0n) is 18.6. The first-order chi connectivity index (χ1) is 16.2. The van der Waals surface area contributed by atoms with Gasteiger partial charge in [-0.1, -0.05) is 36.4 Å². The molecule has 0 saturated heterocycles. The van der Waals surface area contributed by atoms with Gasteiger partial charge in [0, 0.05) is 11.1 Å². The van der Waals surface area contributed by atoms with Crippen LogP contribution in [-0.4, -0.2) is 43.4 Å². The number of ether oxygens (including phenoxy) is 1. The van der Waals surface area contributed by atoms with Gasteiger partial charge in [-0.2, -0.15) is 13.2 Å². The summed E-state index contributed by atoms with van der Waals surface area (Å²) in [5.41, 5.74) is -0.951. The Bertz CT molecular complexity index is 1310. The van der Waals surface area contributed by atoms with E-state index in [9.17, 15) is 23.1 Å². The van der Waals surface area contributed by atoms with E-state index in [1.165, 1.54) is 11.6 Å². The van der Waals surface area contributed by atoms with Gasteiger partial charge in [0.15, 0.2) is 0 Å². The lowest BCUT2D eigenvalue weighted by molar-refractivity contribution is -0.269. The van der Waals surface area contributed by atoms with Crippen LogP contribution in [0.4, 0.5) is 13.2 Å². The van der Waals surface area contributed by atoms with E-state index in [0.717, 1.165) is 28.4 Å². The first-order valence-corrected chi connectivity index (χ1v) is 10.7. The van der Waals surface area contributed by atoms with Crippen molar-refractivity contribution in [2.24, 2.45) is 0 Å². The van der Waals surface area contributed by atoms with Crippen LogP contribution in [0.5, 0.6) is 0 Å². The second-order valence-corrected chi connectivity index (χ2v) is 7.83. The van der Waals surface area contributed by atoms with Gasteiger partial charge in [0.25, 0.3) is 0 Å². The quantitative estimate of drug-likeness (QED) is 0.398. The predicted octanol–water partition coefficient (Wildman–Crippen LogP) is 4.61. The molecule has 4 rings (SSSR count). The summed E-state index contributed by atoms with van der Waals surface area (Å²) in [6, 6.07) is 16.5. The summed E-state index contributed by atoms with van der Waals surface area (Å²) in [5, 5.41) is 18.2. The maximum atomic E-state index is 13.3. The molecule has 0 radical (unpaired) electrons. The van der Waals surface area contributed by atoms with E-state index >= 15 is 0 Å². The van der Waals surface area contributed by atoms with Crippen molar-refractivity contribution in [1.29, 1.82) is 0 Å². The van der Waals surface area contributed by atoms with Crippen LogP contribution in [-0.2, 0) is 16.9 Å². The molecule has 0 spiro atoms. The Morgan fingerprint density at radius 3 is 2.47 bits per heavy atom. The van der Waals surface area contributed by atoms with Gasteiger partial charge in [0.05, 0.1) is 24.9 Å². The molecule has 0 fully saturated rings. The first-order valence-electron chi connectivity index (χ1n) is 10.7. The topological polar surface area (TPSA) is 82.2 Å². The van der Waals surface area contributed by atoms with Gasteiger partial charge < -0.3 is 14.4 Å². The van der Waals surface area contributed by atoms with Crippen LogP contribution in [0.2, 0.25) is 0 Å². The average Bonchev–Trinajstić information content (AvgIpc) is 3.43. The van der Waals surface area contributed by atoms with Crippen molar-refractivity contribution in [3.63, 3.8) is 0 Å². The van der Waals surface area contributed by atoms with Crippen molar-refractivity contribution in [2.75, 3.05) is 6.61 Å². The molecule has 7 nitrogen and oxygen atoms in total. The lowest BCUT2D eigenvalue weighted by Gasteiger charge is -2.26. The molecule has 0 aliphatic carbocycles. The number of alkyl halides is 3. The molecular formula is C24H23F3N4O3. The van der Waals surface area contributed by atoms with Gasteiger partial charge in [-0.25, -0.2) is 9.48 Å². The average molecular weight is 472 g/mol. The highest BCUT2D eigenvalue weighted by molar-refractivity contribution is 5.97. The Labute approximate surface area is 193 Å². The van der Waals surface area contributed by atoms with E-state index in [2.05, 4.69) is 10.3 Å². The number of hydrogen-bond donors (Lipinski definition) is 1. The van der Waals surface area contributed by atoms with Crippen molar-refractivity contribution in [2.45, 2.75) is 38.6 Å². The molecule has 2 heterocycles. The molecule has 34 heavy (non-hydrogen) atoms. The molecule has 1 atom stereocenters. The summed E-state index contributed by atoms with van der Waals surface area (Å²) >= 11 is 0. The number of fused-ring (bicyclic) bond motifs is 1. The van der Waals surface area contributed by atoms with E-state index in [4.69, 9.17) is 4.74 Å². The highest BCUT2D eigenvalue weighted by atomic mass is 19.4. The predicted molar refractivity (Wildman–Crippen MR) is 119 cm³/mol. The Hall–Kier alpha value is -3.66. The molecule has 1 unspecified atom stereocenters. The molecule has 2 aromatic carbocycles. The number of para-hydroxylation sites is 1. The molecule has 0 aliphatic heterocycles. The Kier molecular flexibility index (Phi) is 6.18. The number of aliphatic hydroxyl groups is 1. The fourth-order valence-corrected chi connectivity index (χ4v) is 3.85. The van der Waals surface area contributed by atoms with E-state index in [0.29, 0.717) is 5.69 Å². The lowest BCUT2D eigenvalue weighted by atomic mass is 9.96. The number of rotatable bonds is 7. The number of aromatic nitrogens is 4. The lowest BCUT2D eigenvalue weighted by Crippen LogP contribution is -2.42. The van der Waals surface area contributed by atoms with E-state index in [-0.39, 0.29) is 13.2 Å². The number of hydrogen-bond acceptors (Lipinski definition) is 5. The summed E-state index contributed by atoms with van der Waals surface area (Å²) in [6.07, 6.45) is -4.35. The monoisotopic (exact) mass is 472 g/mol. The van der Waals surface area contributed by atoms with Crippen molar-refractivity contribution in [3.05, 3.63) is 77.7 Å². The highest BCUT2D eigenvalue weighted by Crippen LogP contribution is 2.40. The zero-order chi connectivity index (χ0) is 24.5. The standard InChI is InChI=1S/C24H23F3N4O3/c1-3-23(33,24(25,26)27)21-15-30(29-28-21)14-16-10-11-19-17(12-16)13-20(22(32)34-4-2)31(19)18-8-6-5-7-9-18/h5-13,15,33H,3-4,14H2,1-2H3. The molecule has 178 valence electrons. The normalized spacial score (nSPS) is 13.7. The van der Waals surface area contributed by atoms with E-state index in [1.54, 1.807) is 23.6 Å². The fraction of sp³-hybridized carbons (Fsp3) is 0.292. The van der Waals surface area contributed by atoms with Crippen LogP contribution >= 0.6 is 0 Å². The number of esters is 1. The highest BCUT2D eigenvalue weighted by Gasteiger charge is 2.55. The van der Waals surface area contributed by atoms with Crippen molar-refractivity contribution in [1.82, 2.24) is 19.6 Å². The van der Waals surface area contributed by atoms with Crippen molar-refractivity contribution >= 4 is 16.9 Å². The van der Waals surface area contributed by atoms with E-state index < -0.39 is 29.9 Å². The molecule has 2 aromatic heterocycles. The molecule has 10 heteroatoms. The molecule has 0 saturated carbocycles. The Balaban J connectivity index is 1.70. The van der Waals surface area contributed by atoms with Gasteiger partial charge in [-0.05, 0) is 49.2 Å². The summed E-state index contributed by atoms with van der Waals surface area (Å²) < 4.78 is 48.3. The smallest absolute Gasteiger partial charge is 0.423 e. The van der Waals surface area contributed by atoms with Crippen LogP contribution in [0.3, 0.4) is 0 Å². The molecule has 0 amide bonds. The number of nitrogens with zero attached hydrogens (tertiary/aromatic N) is 4. The van der Waals surface area contributed by atoms with Crippen LogP contribution in [0.15, 0.2) is 60.8 Å². The van der Waals surface area contributed by atoms with Crippen LogP contribution in [0.1, 0.15) is 42.0 Å². The minimum Gasteiger partial charge on any atom is -0.461 e. The first kappa shape index (κ1) is 23.5. The van der Waals surface area contributed by atoms with E-state index in [1.807, 2.05) is 42.5 Å². The Morgan fingerprint density at radius 2 is 1.82 bits per heavy atom. The minimum absolute atomic E-state index is 0.131. The SMILES string of the molecule is CCOC(=O)c1cc2cc(Cn3cc(C(O)(CC)C(F)(F)F)nn3)ccc2n1-c1ccccc1. The number of benzene rings is 2. The van der Waals surface area contributed by atoms with Crippen LogP contribution in [0.25, 0.3) is 16.6 Å². The second kappa shape index (κ2) is 8.94. The summed E-state index contributed by atoms with van der Waals surface area (Å²) in [5.74, 6) is -0.462. The van der Waals surface area contributed by atoms with Crippen molar-refractivity contribution in [3.8, 4) is 5.69 Å². The van der Waals surface area contributed by atoms with Gasteiger partial charge >= 0.3 is 12.1 Å². The molecule has 0 bridgehead atoms. The largest absolute Gasteiger partial charge is 0.461 e. The van der Waals surface area contributed by atoms with Crippen LogP contribution < -0.4 is 0 Å². The third kappa shape index (κ3) is 4.16. The molecule has 1 N–H and O–H groups in total. The summed E-state index contributed by atoms with van der Waals surface area (Å²) in [6.45, 7) is 3.33. The van der Waals surface area contributed by atoms with Crippen LogP contribution in [0, 0.1) is 0 Å². The van der Waals surface area contributed by atoms with Gasteiger partial charge in [0.1, 0.15) is 11.4 Å². The zero-order valence-corrected chi connectivity index (χ0v) is 18.6. The number of carbonyl (C=O) groups excluding carboxylic acids is 1. The minimum atomic E-state index is -4.87. The maximum absolute atomic E-state index is 13.3. The number of carbonyl (C=O) groups is 1. The van der Waals surface area contributed by atoms with Gasteiger partial charge in [-0.15, -0.1) is 5.10 Å². The van der Waals surface area contributed by atoms with Gasteiger partial charge in [-0.3, -0.25) is 0 Å².